The molecule has 0 bridgehead atoms. The first-order valence-electron chi connectivity index (χ1n) is 8.76. The molecule has 0 spiro atoms. The van der Waals surface area contributed by atoms with E-state index in [0.717, 1.165) is 12.8 Å². The number of hydrogen-bond acceptors (Lipinski definition) is 0. The number of benzene rings is 2. The molecule has 0 amide bonds. The third-order valence-electron chi connectivity index (χ3n) is 6.14. The molecule has 2 aliphatic carbocycles. The minimum atomic E-state index is -3.92. The van der Waals surface area contributed by atoms with Gasteiger partial charge in [-0.05, 0) is 0 Å². The van der Waals surface area contributed by atoms with Gasteiger partial charge in [-0.25, -0.2) is 0 Å². The Kier molecular flexibility index (Phi) is 3.92. The van der Waals surface area contributed by atoms with Crippen LogP contribution >= 0.6 is 0 Å². The molecule has 2 aliphatic rings. The summed E-state index contributed by atoms with van der Waals surface area (Å²) < 4.78 is 9.09. The van der Waals surface area contributed by atoms with Gasteiger partial charge in [0, 0.05) is 0 Å². The summed E-state index contributed by atoms with van der Waals surface area (Å²) in [6.07, 6.45) is 16.2. The Labute approximate surface area is 146 Å². The van der Waals surface area contributed by atoms with Crippen molar-refractivity contribution in [3.05, 3.63) is 104 Å². The zero-order chi connectivity index (χ0) is 16.5. The maximum absolute atomic E-state index is 3.92. The van der Waals surface area contributed by atoms with Crippen LogP contribution in [0.25, 0.3) is 0 Å². The van der Waals surface area contributed by atoms with Crippen molar-refractivity contribution in [2.24, 2.45) is 0 Å². The molecule has 0 heterocycles. The maximum atomic E-state index is 2.64. The summed E-state index contributed by atoms with van der Waals surface area (Å²) in [5.74, 6) is 0. The quantitative estimate of drug-likeness (QED) is 0.540. The zero-order valence-electron chi connectivity index (χ0n) is 14.2. The molecule has 0 radical (unpaired) electrons. The van der Waals surface area contributed by atoms with Crippen LogP contribution < -0.4 is 6.64 Å². The molecule has 1 heteroatoms. The van der Waals surface area contributed by atoms with Crippen LogP contribution in [0.4, 0.5) is 0 Å². The fourth-order valence-corrected chi connectivity index (χ4v) is 28.2. The van der Waals surface area contributed by atoms with E-state index < -0.39 is 18.5 Å². The van der Waals surface area contributed by atoms with Gasteiger partial charge in [0.15, 0.2) is 0 Å². The molecular formula is C23H23Hf. The number of hydrogen-bond donors (Lipinski definition) is 0. The first kappa shape index (κ1) is 15.8. The van der Waals surface area contributed by atoms with E-state index >= 15 is 0 Å². The monoisotopic (exact) mass is 479 g/mol. The Bertz CT molecular complexity index is 793. The second-order valence-electron chi connectivity index (χ2n) is 7.13. The first-order chi connectivity index (χ1) is 11.7. The van der Waals surface area contributed by atoms with E-state index in [1.54, 1.807) is 13.3 Å². The summed E-state index contributed by atoms with van der Waals surface area (Å²) in [6, 6.07) is 22.6. The normalized spacial score (nSPS) is 18.1. The van der Waals surface area contributed by atoms with E-state index in [1.165, 1.54) is 0 Å². The van der Waals surface area contributed by atoms with Crippen LogP contribution in [0, 0.1) is 0 Å². The van der Waals surface area contributed by atoms with E-state index in [4.69, 9.17) is 0 Å². The van der Waals surface area contributed by atoms with Crippen LogP contribution in [0.15, 0.2) is 104 Å². The molecule has 0 N–H and O–H groups in total. The third-order valence-corrected chi connectivity index (χ3v) is 33.1. The molecule has 2 aromatic carbocycles. The van der Waals surface area contributed by atoms with Gasteiger partial charge in [-0.1, -0.05) is 0 Å². The third kappa shape index (κ3) is 2.07. The van der Waals surface area contributed by atoms with Crippen LogP contribution in [0.1, 0.15) is 12.8 Å². The van der Waals surface area contributed by atoms with Crippen molar-refractivity contribution in [2.45, 2.75) is 17.5 Å². The van der Waals surface area contributed by atoms with E-state index in [9.17, 15) is 0 Å². The van der Waals surface area contributed by atoms with Gasteiger partial charge in [0.25, 0.3) is 0 Å². The van der Waals surface area contributed by atoms with Crippen LogP contribution in [-0.4, -0.2) is 0 Å². The van der Waals surface area contributed by atoms with Gasteiger partial charge in [-0.15, -0.1) is 0 Å². The summed E-state index contributed by atoms with van der Waals surface area (Å²) in [5.41, 5.74) is 0. The molecule has 0 unspecified atom stereocenters. The Hall–Kier alpha value is -1.73. The zero-order valence-corrected chi connectivity index (χ0v) is 17.7. The molecule has 0 saturated carbocycles. The summed E-state index contributed by atoms with van der Waals surface area (Å²) in [6.45, 7) is 0. The minimum absolute atomic E-state index is 1.09. The van der Waals surface area contributed by atoms with Gasteiger partial charge in [0.05, 0.1) is 0 Å². The molecule has 0 fully saturated rings. The topological polar surface area (TPSA) is 0 Å². The van der Waals surface area contributed by atoms with Crippen LogP contribution in [0.2, 0.25) is 4.68 Å². The van der Waals surface area contributed by atoms with Crippen molar-refractivity contribution < 1.29 is 18.5 Å². The van der Waals surface area contributed by atoms with Gasteiger partial charge >= 0.3 is 146 Å². The Morgan fingerprint density at radius 2 is 1.04 bits per heavy atom. The second-order valence-corrected chi connectivity index (χ2v) is 28.5. The molecule has 0 aliphatic heterocycles. The molecule has 0 aromatic heterocycles. The Morgan fingerprint density at radius 1 is 0.625 bits per heavy atom. The second kappa shape index (κ2) is 5.97. The molecular weight excluding hydrogens is 455 g/mol. The molecule has 24 heavy (non-hydrogen) atoms. The van der Waals surface area contributed by atoms with Crippen molar-refractivity contribution in [2.75, 3.05) is 0 Å². The summed E-state index contributed by atoms with van der Waals surface area (Å²) in [7, 11) is 0. The van der Waals surface area contributed by atoms with Crippen molar-refractivity contribution >= 4 is 6.64 Å². The molecule has 119 valence electrons. The van der Waals surface area contributed by atoms with Gasteiger partial charge in [0.2, 0.25) is 0 Å². The SMILES string of the molecule is [CH3][Hf]([C]1=CC=CC1)([C]1=CC=CC1)([c]1ccccc1)[c]1ccccc1. The summed E-state index contributed by atoms with van der Waals surface area (Å²) >= 11 is -3.92. The molecule has 2 aromatic rings. The van der Waals surface area contributed by atoms with E-state index in [-0.39, 0.29) is 0 Å². The van der Waals surface area contributed by atoms with Crippen LogP contribution in [0.5, 0.6) is 0 Å². The van der Waals surface area contributed by atoms with Crippen molar-refractivity contribution in [3.8, 4) is 0 Å². The van der Waals surface area contributed by atoms with Crippen LogP contribution in [0.3, 0.4) is 0 Å². The number of allylic oxidation sites excluding steroid dienone is 8. The predicted octanol–water partition coefficient (Wildman–Crippen LogP) is 5.06. The van der Waals surface area contributed by atoms with E-state index in [1.807, 2.05) is 0 Å². The van der Waals surface area contributed by atoms with Crippen molar-refractivity contribution in [1.82, 2.24) is 0 Å². The molecule has 0 nitrogen and oxygen atoms in total. The first-order valence-corrected chi connectivity index (χ1v) is 19.5. The van der Waals surface area contributed by atoms with Crippen molar-refractivity contribution in [3.63, 3.8) is 0 Å². The fraction of sp³-hybridized carbons (Fsp3) is 0.130. The standard InChI is InChI=1S/2C6H5.2C5H5.CH3.Hf/c2*1-2-4-6-5-3-1;2*1-2-4-5-3-1;;/h2*1-5H;2*1-3H,4H2;1H3;. The van der Waals surface area contributed by atoms with Gasteiger partial charge in [-0.3, -0.25) is 0 Å². The van der Waals surface area contributed by atoms with Gasteiger partial charge in [0.1, 0.15) is 0 Å². The molecule has 0 atom stereocenters. The Balaban J connectivity index is 2.12. The van der Waals surface area contributed by atoms with Crippen molar-refractivity contribution in [1.29, 1.82) is 0 Å². The molecule has 4 rings (SSSR count). The van der Waals surface area contributed by atoms with Gasteiger partial charge in [-0.2, -0.15) is 0 Å². The summed E-state index contributed by atoms with van der Waals surface area (Å²) in [5, 5.41) is 0. The average molecular weight is 478 g/mol. The van der Waals surface area contributed by atoms with E-state index in [0.29, 0.717) is 0 Å². The summed E-state index contributed by atoms with van der Waals surface area (Å²) in [4.78, 5) is 0. The average Bonchev–Trinajstić information content (AvgIpc) is 3.37. The van der Waals surface area contributed by atoms with Gasteiger partial charge < -0.3 is 0 Å². The van der Waals surface area contributed by atoms with Crippen LogP contribution in [-0.2, 0) is 18.5 Å². The van der Waals surface area contributed by atoms with E-state index in [2.05, 4.69) is 102 Å². The Morgan fingerprint density at radius 3 is 1.38 bits per heavy atom. The molecule has 0 saturated heterocycles. The predicted molar refractivity (Wildman–Crippen MR) is 102 cm³/mol. The fourth-order valence-electron chi connectivity index (χ4n) is 4.65. The number of rotatable bonds is 4.